The molecule has 5 heteroatoms. The van der Waals surface area contributed by atoms with E-state index in [1.54, 1.807) is 0 Å². The van der Waals surface area contributed by atoms with Crippen molar-refractivity contribution in [2.75, 3.05) is 0 Å². The van der Waals surface area contributed by atoms with Crippen molar-refractivity contribution in [1.29, 1.82) is 0 Å². The summed E-state index contributed by atoms with van der Waals surface area (Å²) in [5.74, 6) is 0.00451. The van der Waals surface area contributed by atoms with Gasteiger partial charge in [-0.2, -0.15) is 0 Å². The molecule has 1 N–H and O–H groups in total. The molecule has 0 radical (unpaired) electrons. The molecule has 3 atom stereocenters. The van der Waals surface area contributed by atoms with Gasteiger partial charge >= 0.3 is 5.97 Å². The van der Waals surface area contributed by atoms with Crippen LogP contribution in [0.1, 0.15) is 117 Å². The first-order chi connectivity index (χ1) is 15.3. The van der Waals surface area contributed by atoms with Crippen molar-refractivity contribution in [2.24, 2.45) is 11.8 Å². The van der Waals surface area contributed by atoms with E-state index >= 15 is 0 Å². The Labute approximate surface area is 195 Å². The van der Waals surface area contributed by atoms with E-state index in [2.05, 4.69) is 19.1 Å². The fourth-order valence-corrected chi connectivity index (χ4v) is 4.48. The largest absolute Gasteiger partial charge is 0.463 e. The average Bonchev–Trinajstić information content (AvgIpc) is 3.00. The van der Waals surface area contributed by atoms with Gasteiger partial charge in [0.15, 0.2) is 0 Å². The summed E-state index contributed by atoms with van der Waals surface area (Å²) in [7, 11) is 0. The summed E-state index contributed by atoms with van der Waals surface area (Å²) in [6.45, 7) is 5.89. The van der Waals surface area contributed by atoms with Gasteiger partial charge in [-0.25, -0.2) is 0 Å². The molecule has 0 bridgehead atoms. The molecule has 0 spiro atoms. The van der Waals surface area contributed by atoms with Crippen LogP contribution in [0, 0.1) is 11.8 Å². The van der Waals surface area contributed by atoms with Gasteiger partial charge in [-0.15, -0.1) is 0 Å². The molecule has 0 saturated heterocycles. The number of carbonyl (C=O) groups excluding carboxylic acids is 3. The molecule has 1 fully saturated rings. The van der Waals surface area contributed by atoms with Gasteiger partial charge in [-0.1, -0.05) is 51.2 Å². The predicted molar refractivity (Wildman–Crippen MR) is 128 cm³/mol. The first kappa shape index (κ1) is 28.5. The number of esters is 1. The van der Waals surface area contributed by atoms with Crippen LogP contribution in [0.2, 0.25) is 0 Å². The van der Waals surface area contributed by atoms with Crippen molar-refractivity contribution in [3.8, 4) is 0 Å². The zero-order valence-electron chi connectivity index (χ0n) is 20.7. The van der Waals surface area contributed by atoms with Crippen LogP contribution in [-0.4, -0.2) is 34.9 Å². The Bertz CT molecular complexity index is 581. The van der Waals surface area contributed by atoms with Crippen molar-refractivity contribution in [3.63, 3.8) is 0 Å². The minimum absolute atomic E-state index is 0.0558. The van der Waals surface area contributed by atoms with Crippen molar-refractivity contribution in [3.05, 3.63) is 12.2 Å². The Balaban J connectivity index is 2.24. The number of hydrogen-bond donors (Lipinski definition) is 1. The topological polar surface area (TPSA) is 80.7 Å². The summed E-state index contributed by atoms with van der Waals surface area (Å²) in [5.41, 5.74) is 0. The van der Waals surface area contributed by atoms with Crippen molar-refractivity contribution < 1.29 is 24.2 Å². The third-order valence-electron chi connectivity index (χ3n) is 6.33. The maximum atomic E-state index is 12.3. The lowest BCUT2D eigenvalue weighted by Crippen LogP contribution is -2.21. The smallest absolute Gasteiger partial charge is 0.306 e. The van der Waals surface area contributed by atoms with Gasteiger partial charge < -0.3 is 9.84 Å². The van der Waals surface area contributed by atoms with E-state index in [0.29, 0.717) is 32.1 Å². The number of ketones is 2. The predicted octanol–water partition coefficient (Wildman–Crippen LogP) is 6.11. The van der Waals surface area contributed by atoms with Gasteiger partial charge in [0.1, 0.15) is 11.6 Å². The summed E-state index contributed by atoms with van der Waals surface area (Å²) in [5, 5.41) is 10.3. The highest BCUT2D eigenvalue weighted by Crippen LogP contribution is 2.35. The van der Waals surface area contributed by atoms with Crippen LogP contribution in [0.25, 0.3) is 0 Å². The molecule has 0 aromatic carbocycles. The Morgan fingerprint density at radius 3 is 2.41 bits per heavy atom. The molecule has 0 aromatic rings. The second kappa shape index (κ2) is 17.0. The molecule has 0 aromatic heterocycles. The second-order valence-electron chi connectivity index (χ2n) is 9.59. The minimum Gasteiger partial charge on any atom is -0.463 e. The summed E-state index contributed by atoms with van der Waals surface area (Å²) in [4.78, 5) is 36.0. The van der Waals surface area contributed by atoms with Crippen molar-refractivity contribution in [2.45, 2.75) is 129 Å². The lowest BCUT2D eigenvalue weighted by molar-refractivity contribution is -0.147. The van der Waals surface area contributed by atoms with Gasteiger partial charge in [0.25, 0.3) is 0 Å². The Hall–Kier alpha value is -1.49. The SMILES string of the molecule is CCCCCCCC(=O)CCC1C(O)CC(=O)C1C/C=C/CCCCCC(=O)OC(C)C. The molecule has 3 unspecified atom stereocenters. The Morgan fingerprint density at radius 1 is 1.00 bits per heavy atom. The van der Waals surface area contributed by atoms with Crippen LogP contribution in [-0.2, 0) is 19.1 Å². The van der Waals surface area contributed by atoms with Crippen LogP contribution in [0.3, 0.4) is 0 Å². The maximum absolute atomic E-state index is 12.3. The highest BCUT2D eigenvalue weighted by Gasteiger charge is 2.40. The first-order valence-electron chi connectivity index (χ1n) is 12.9. The number of aliphatic hydroxyl groups excluding tert-OH is 1. The fraction of sp³-hybridized carbons (Fsp3) is 0.815. The van der Waals surface area contributed by atoms with E-state index in [0.717, 1.165) is 38.5 Å². The van der Waals surface area contributed by atoms with Crippen molar-refractivity contribution in [1.82, 2.24) is 0 Å². The fourth-order valence-electron chi connectivity index (χ4n) is 4.48. The van der Waals surface area contributed by atoms with E-state index in [-0.39, 0.29) is 41.9 Å². The summed E-state index contributed by atoms with van der Waals surface area (Å²) >= 11 is 0. The lowest BCUT2D eigenvalue weighted by atomic mass is 9.86. The van der Waals surface area contributed by atoms with E-state index in [4.69, 9.17) is 4.74 Å². The van der Waals surface area contributed by atoms with Gasteiger partial charge in [-0.3, -0.25) is 14.4 Å². The van der Waals surface area contributed by atoms with E-state index in [9.17, 15) is 19.5 Å². The van der Waals surface area contributed by atoms with Crippen LogP contribution < -0.4 is 0 Å². The quantitative estimate of drug-likeness (QED) is 0.155. The zero-order valence-corrected chi connectivity index (χ0v) is 20.7. The monoisotopic (exact) mass is 450 g/mol. The molecule has 5 nitrogen and oxygen atoms in total. The number of carbonyl (C=O) groups is 3. The molecule has 0 amide bonds. The van der Waals surface area contributed by atoms with E-state index in [1.165, 1.54) is 19.3 Å². The van der Waals surface area contributed by atoms with Gasteiger partial charge in [-0.05, 0) is 58.3 Å². The molecule has 0 aliphatic heterocycles. The maximum Gasteiger partial charge on any atom is 0.306 e. The molecule has 1 saturated carbocycles. The molecule has 0 heterocycles. The average molecular weight is 451 g/mol. The van der Waals surface area contributed by atoms with E-state index in [1.807, 2.05) is 13.8 Å². The molecule has 184 valence electrons. The number of Topliss-reactive ketones (excluding diaryl/α,β-unsaturated/α-hetero) is 2. The molecule has 1 rings (SSSR count). The van der Waals surface area contributed by atoms with Gasteiger partial charge in [0.2, 0.25) is 0 Å². The van der Waals surface area contributed by atoms with Crippen molar-refractivity contribution >= 4 is 17.5 Å². The first-order valence-corrected chi connectivity index (χ1v) is 12.9. The number of ether oxygens (including phenoxy) is 1. The minimum atomic E-state index is -0.608. The van der Waals surface area contributed by atoms with Gasteiger partial charge in [0, 0.05) is 31.6 Å². The summed E-state index contributed by atoms with van der Waals surface area (Å²) in [6, 6.07) is 0. The highest BCUT2D eigenvalue weighted by molar-refractivity contribution is 5.84. The van der Waals surface area contributed by atoms with Crippen LogP contribution in [0.15, 0.2) is 12.2 Å². The second-order valence-corrected chi connectivity index (χ2v) is 9.59. The Kier molecular flexibility index (Phi) is 15.2. The molecule has 1 aliphatic carbocycles. The number of hydrogen-bond acceptors (Lipinski definition) is 5. The standard InChI is InChI=1S/C27H46O5/c1-4-5-6-9-12-15-22(28)18-19-24-23(25(29)20-26(24)30)16-13-10-7-8-11-14-17-27(31)32-21(2)3/h10,13,21,23-24,26,30H,4-9,11-12,14-20H2,1-3H3/b13-10+. The van der Waals surface area contributed by atoms with Crippen LogP contribution in [0.4, 0.5) is 0 Å². The summed E-state index contributed by atoms with van der Waals surface area (Å²) in [6.07, 6.45) is 16.0. The highest BCUT2D eigenvalue weighted by atomic mass is 16.5. The third kappa shape index (κ3) is 12.5. The number of unbranched alkanes of at least 4 members (excludes halogenated alkanes) is 7. The lowest BCUT2D eigenvalue weighted by Gasteiger charge is -2.19. The normalized spacial score (nSPS) is 21.0. The number of rotatable bonds is 18. The molecular weight excluding hydrogens is 404 g/mol. The zero-order chi connectivity index (χ0) is 23.8. The van der Waals surface area contributed by atoms with E-state index < -0.39 is 6.10 Å². The summed E-state index contributed by atoms with van der Waals surface area (Å²) < 4.78 is 5.12. The van der Waals surface area contributed by atoms with Crippen LogP contribution >= 0.6 is 0 Å². The molecule has 32 heavy (non-hydrogen) atoms. The third-order valence-corrected chi connectivity index (χ3v) is 6.33. The molecule has 1 aliphatic rings. The van der Waals surface area contributed by atoms with Gasteiger partial charge in [0.05, 0.1) is 12.2 Å². The number of aliphatic hydroxyl groups is 1. The number of allylic oxidation sites excluding steroid dienone is 2. The van der Waals surface area contributed by atoms with Crippen LogP contribution in [0.5, 0.6) is 0 Å². The molecular formula is C27H46O5. The Morgan fingerprint density at radius 2 is 1.69 bits per heavy atom.